The summed E-state index contributed by atoms with van der Waals surface area (Å²) >= 11 is 5.88. The second kappa shape index (κ2) is 8.22. The first-order valence-corrected chi connectivity index (χ1v) is 6.31. The zero-order chi connectivity index (χ0) is 15.0. The standard InChI is InChI=1S/C14H16ClNO4/c1-19-12-5-4-11(15)9-10(12)3-6-13(17)16-8-7-14(18)20-2/h3-6,9H,7-8H2,1-2H3,(H,16,17)/b6-3+. The highest BCUT2D eigenvalue weighted by Gasteiger charge is 2.03. The number of hydrogen-bond donors (Lipinski definition) is 1. The number of benzene rings is 1. The molecule has 0 heterocycles. The summed E-state index contributed by atoms with van der Waals surface area (Å²) < 4.78 is 9.62. The quantitative estimate of drug-likeness (QED) is 0.645. The predicted molar refractivity (Wildman–Crippen MR) is 76.7 cm³/mol. The maximum atomic E-state index is 11.5. The van der Waals surface area contributed by atoms with Crippen LogP contribution in [0.2, 0.25) is 5.02 Å². The van der Waals surface area contributed by atoms with Gasteiger partial charge in [-0.05, 0) is 24.3 Å². The van der Waals surface area contributed by atoms with E-state index in [9.17, 15) is 9.59 Å². The first-order valence-electron chi connectivity index (χ1n) is 5.93. The molecule has 0 atom stereocenters. The van der Waals surface area contributed by atoms with Crippen LogP contribution in [-0.4, -0.2) is 32.6 Å². The van der Waals surface area contributed by atoms with E-state index >= 15 is 0 Å². The Kier molecular flexibility index (Phi) is 6.59. The fourth-order valence-electron chi connectivity index (χ4n) is 1.45. The number of methoxy groups -OCH3 is 2. The van der Waals surface area contributed by atoms with Crippen LogP contribution in [-0.2, 0) is 14.3 Å². The summed E-state index contributed by atoms with van der Waals surface area (Å²) in [6.07, 6.45) is 3.08. The fourth-order valence-corrected chi connectivity index (χ4v) is 1.63. The molecule has 5 nitrogen and oxygen atoms in total. The highest BCUT2D eigenvalue weighted by atomic mass is 35.5. The van der Waals surface area contributed by atoms with Gasteiger partial charge in [0.15, 0.2) is 0 Å². The third kappa shape index (κ3) is 5.32. The van der Waals surface area contributed by atoms with Crippen molar-refractivity contribution in [3.8, 4) is 5.75 Å². The van der Waals surface area contributed by atoms with Gasteiger partial charge in [-0.1, -0.05) is 11.6 Å². The van der Waals surface area contributed by atoms with Gasteiger partial charge in [0, 0.05) is 23.2 Å². The number of carbonyl (C=O) groups excluding carboxylic acids is 2. The van der Waals surface area contributed by atoms with Gasteiger partial charge >= 0.3 is 5.97 Å². The molecule has 1 rings (SSSR count). The molecule has 0 spiro atoms. The zero-order valence-electron chi connectivity index (χ0n) is 11.3. The maximum Gasteiger partial charge on any atom is 0.307 e. The molecule has 0 aliphatic rings. The molecule has 0 radical (unpaired) electrons. The lowest BCUT2D eigenvalue weighted by Crippen LogP contribution is -2.24. The Labute approximate surface area is 122 Å². The number of nitrogens with one attached hydrogen (secondary N) is 1. The SMILES string of the molecule is COC(=O)CCNC(=O)/C=C/c1cc(Cl)ccc1OC. The first-order chi connectivity index (χ1) is 9.56. The molecule has 1 aromatic carbocycles. The van der Waals surface area contributed by atoms with E-state index in [1.54, 1.807) is 24.3 Å². The van der Waals surface area contributed by atoms with Crippen molar-refractivity contribution in [3.63, 3.8) is 0 Å². The summed E-state index contributed by atoms with van der Waals surface area (Å²) in [5, 5.41) is 3.12. The van der Waals surface area contributed by atoms with Gasteiger partial charge < -0.3 is 14.8 Å². The van der Waals surface area contributed by atoms with E-state index in [1.165, 1.54) is 20.3 Å². The van der Waals surface area contributed by atoms with E-state index < -0.39 is 0 Å². The van der Waals surface area contributed by atoms with Crippen LogP contribution in [0.3, 0.4) is 0 Å². The topological polar surface area (TPSA) is 64.6 Å². The average Bonchev–Trinajstić information content (AvgIpc) is 2.45. The van der Waals surface area contributed by atoms with Crippen molar-refractivity contribution in [1.29, 1.82) is 0 Å². The van der Waals surface area contributed by atoms with Crippen LogP contribution in [0.1, 0.15) is 12.0 Å². The minimum Gasteiger partial charge on any atom is -0.496 e. The van der Waals surface area contributed by atoms with Crippen molar-refractivity contribution in [3.05, 3.63) is 34.9 Å². The van der Waals surface area contributed by atoms with Crippen LogP contribution in [0.25, 0.3) is 6.08 Å². The molecule has 20 heavy (non-hydrogen) atoms. The molecule has 0 unspecified atom stereocenters. The van der Waals surface area contributed by atoms with E-state index in [0.29, 0.717) is 16.3 Å². The molecule has 1 aromatic rings. The first kappa shape index (κ1) is 16.0. The molecule has 0 aliphatic carbocycles. The summed E-state index contributed by atoms with van der Waals surface area (Å²) in [6.45, 7) is 0.225. The van der Waals surface area contributed by atoms with Crippen molar-refractivity contribution >= 4 is 29.6 Å². The summed E-state index contributed by atoms with van der Waals surface area (Å²) in [4.78, 5) is 22.4. The minimum atomic E-state index is -0.370. The zero-order valence-corrected chi connectivity index (χ0v) is 12.1. The highest BCUT2D eigenvalue weighted by Crippen LogP contribution is 2.23. The Morgan fingerprint density at radius 2 is 2.10 bits per heavy atom. The van der Waals surface area contributed by atoms with Crippen LogP contribution < -0.4 is 10.1 Å². The lowest BCUT2D eigenvalue weighted by molar-refractivity contribution is -0.140. The van der Waals surface area contributed by atoms with Crippen molar-refractivity contribution in [2.75, 3.05) is 20.8 Å². The lowest BCUT2D eigenvalue weighted by atomic mass is 10.2. The molecule has 0 aliphatic heterocycles. The monoisotopic (exact) mass is 297 g/mol. The average molecular weight is 298 g/mol. The Bertz CT molecular complexity index is 514. The Morgan fingerprint density at radius 3 is 2.75 bits per heavy atom. The van der Waals surface area contributed by atoms with Gasteiger partial charge in [-0.15, -0.1) is 0 Å². The molecule has 0 aromatic heterocycles. The summed E-state index contributed by atoms with van der Waals surface area (Å²) in [5.41, 5.74) is 0.697. The molecule has 0 saturated carbocycles. The number of ether oxygens (including phenoxy) is 2. The van der Waals surface area contributed by atoms with Gasteiger partial charge in [0.1, 0.15) is 5.75 Å². The van der Waals surface area contributed by atoms with Gasteiger partial charge in [-0.25, -0.2) is 0 Å². The second-order valence-corrected chi connectivity index (χ2v) is 4.27. The predicted octanol–water partition coefficient (Wildman–Crippen LogP) is 2.04. The molecular formula is C14H16ClNO4. The molecule has 108 valence electrons. The minimum absolute atomic E-state index is 0.135. The molecule has 0 saturated heterocycles. The Balaban J connectivity index is 2.57. The van der Waals surface area contributed by atoms with Gasteiger partial charge in [0.2, 0.25) is 5.91 Å². The Hall–Kier alpha value is -2.01. The molecule has 0 fully saturated rings. The molecular weight excluding hydrogens is 282 g/mol. The third-order valence-electron chi connectivity index (χ3n) is 2.46. The number of amides is 1. The van der Waals surface area contributed by atoms with E-state index in [2.05, 4.69) is 10.1 Å². The van der Waals surface area contributed by atoms with Crippen molar-refractivity contribution in [2.24, 2.45) is 0 Å². The van der Waals surface area contributed by atoms with Crippen LogP contribution in [0.5, 0.6) is 5.75 Å². The van der Waals surface area contributed by atoms with Crippen LogP contribution in [0.4, 0.5) is 0 Å². The van der Waals surface area contributed by atoms with Gasteiger partial charge in [0.05, 0.1) is 20.6 Å². The largest absolute Gasteiger partial charge is 0.496 e. The number of rotatable bonds is 6. The second-order valence-electron chi connectivity index (χ2n) is 3.84. The van der Waals surface area contributed by atoms with Gasteiger partial charge in [-0.3, -0.25) is 9.59 Å². The van der Waals surface area contributed by atoms with Gasteiger partial charge in [0.25, 0.3) is 0 Å². The molecule has 6 heteroatoms. The van der Waals surface area contributed by atoms with Crippen LogP contribution in [0.15, 0.2) is 24.3 Å². The smallest absolute Gasteiger partial charge is 0.307 e. The van der Waals surface area contributed by atoms with Gasteiger partial charge in [-0.2, -0.15) is 0 Å². The van der Waals surface area contributed by atoms with Crippen LogP contribution in [0, 0.1) is 0 Å². The van der Waals surface area contributed by atoms with Crippen molar-refractivity contribution in [2.45, 2.75) is 6.42 Å². The maximum absolute atomic E-state index is 11.5. The summed E-state index contributed by atoms with van der Waals surface area (Å²) in [5.74, 6) is -0.0604. The number of esters is 1. The molecule has 1 amide bonds. The normalized spacial score (nSPS) is 10.3. The lowest BCUT2D eigenvalue weighted by Gasteiger charge is -2.05. The van der Waals surface area contributed by atoms with Crippen molar-refractivity contribution < 1.29 is 19.1 Å². The van der Waals surface area contributed by atoms with Crippen LogP contribution >= 0.6 is 11.6 Å². The highest BCUT2D eigenvalue weighted by molar-refractivity contribution is 6.30. The summed E-state index contributed by atoms with van der Waals surface area (Å²) in [7, 11) is 2.84. The van der Waals surface area contributed by atoms with E-state index in [-0.39, 0.29) is 24.8 Å². The van der Waals surface area contributed by atoms with E-state index in [0.717, 1.165) is 0 Å². The number of carbonyl (C=O) groups is 2. The molecule has 0 bridgehead atoms. The molecule has 1 N–H and O–H groups in total. The third-order valence-corrected chi connectivity index (χ3v) is 2.70. The van der Waals surface area contributed by atoms with Crippen molar-refractivity contribution in [1.82, 2.24) is 5.32 Å². The Morgan fingerprint density at radius 1 is 1.35 bits per heavy atom. The van der Waals surface area contributed by atoms with E-state index in [1.807, 2.05) is 0 Å². The fraction of sp³-hybridized carbons (Fsp3) is 0.286. The number of halogens is 1. The summed E-state index contributed by atoms with van der Waals surface area (Å²) in [6, 6.07) is 5.12. The number of hydrogen-bond acceptors (Lipinski definition) is 4. The van der Waals surface area contributed by atoms with E-state index in [4.69, 9.17) is 16.3 Å².